The van der Waals surface area contributed by atoms with Crippen LogP contribution in [-0.2, 0) is 21.2 Å². The Bertz CT molecular complexity index is 787. The lowest BCUT2D eigenvalue weighted by molar-refractivity contribution is -0.121. The molecule has 3 rings (SSSR count). The molecule has 25 heavy (non-hydrogen) atoms. The molecule has 136 valence electrons. The lowest BCUT2D eigenvalue weighted by Crippen LogP contribution is -2.37. The first kappa shape index (κ1) is 18.5. The Balaban J connectivity index is 1.88. The van der Waals surface area contributed by atoms with Crippen molar-refractivity contribution in [3.8, 4) is 0 Å². The molecule has 0 spiro atoms. The molecule has 0 saturated carbocycles. The lowest BCUT2D eigenvalue weighted by Gasteiger charge is -2.24. The number of hydrogen-bond donors (Lipinski definition) is 0. The van der Waals surface area contributed by atoms with E-state index in [1.807, 2.05) is 49.9 Å². The fourth-order valence-corrected chi connectivity index (χ4v) is 7.05. The molecular formula is C18H24N2O3S2. The predicted molar refractivity (Wildman–Crippen MR) is 102 cm³/mol. The highest BCUT2D eigenvalue weighted by molar-refractivity contribution is 8.15. The van der Waals surface area contributed by atoms with Crippen molar-refractivity contribution < 1.29 is 13.2 Å². The molecule has 0 N–H and O–H groups in total. The maximum Gasteiger partial charge on any atom is 0.250 e. The van der Waals surface area contributed by atoms with Crippen LogP contribution in [0.5, 0.6) is 0 Å². The summed E-state index contributed by atoms with van der Waals surface area (Å²) in [6, 6.07) is 8.08. The standard InChI is InChI=1S/C18H24N2O3S2/c1-4-13(3)17(21)19-18-20(9-14-7-5-12(2)6-8-14)15-10-25(22,23)11-16(15)24-18/h5-8,13,15-16H,4,9-11H2,1-3H3/t13-,15+,16-/m0/s1. The summed E-state index contributed by atoms with van der Waals surface area (Å²) in [6.45, 7) is 6.46. The SMILES string of the molecule is CC[C@H](C)C(=O)N=C1S[C@H]2CS(=O)(=O)C[C@H]2N1Cc1ccc(C)cc1. The average Bonchev–Trinajstić information content (AvgIpc) is 3.01. The van der Waals surface area contributed by atoms with Crippen molar-refractivity contribution in [3.63, 3.8) is 0 Å². The van der Waals surface area contributed by atoms with Crippen LogP contribution in [0, 0.1) is 12.8 Å². The highest BCUT2D eigenvalue weighted by Crippen LogP contribution is 2.39. The van der Waals surface area contributed by atoms with Gasteiger partial charge in [0, 0.05) is 17.7 Å². The minimum Gasteiger partial charge on any atom is -0.342 e. The number of fused-ring (bicyclic) bond motifs is 1. The topological polar surface area (TPSA) is 66.8 Å². The first-order valence-corrected chi connectivity index (χ1v) is 11.3. The van der Waals surface area contributed by atoms with Crippen molar-refractivity contribution in [1.29, 1.82) is 0 Å². The molecule has 0 aromatic heterocycles. The van der Waals surface area contributed by atoms with E-state index < -0.39 is 9.84 Å². The number of amidine groups is 1. The van der Waals surface area contributed by atoms with Gasteiger partial charge in [-0.05, 0) is 18.9 Å². The van der Waals surface area contributed by atoms with E-state index in [0.717, 1.165) is 12.0 Å². The number of carbonyl (C=O) groups excluding carboxylic acids is 1. The predicted octanol–water partition coefficient (Wildman–Crippen LogP) is 2.64. The normalized spacial score (nSPS) is 27.5. The van der Waals surface area contributed by atoms with Crippen LogP contribution in [0.3, 0.4) is 0 Å². The van der Waals surface area contributed by atoms with Gasteiger partial charge in [0.2, 0.25) is 0 Å². The number of aliphatic imine (C=N–C) groups is 1. The largest absolute Gasteiger partial charge is 0.342 e. The maximum absolute atomic E-state index is 12.3. The zero-order valence-corrected chi connectivity index (χ0v) is 16.4. The molecule has 3 atom stereocenters. The van der Waals surface area contributed by atoms with Gasteiger partial charge in [0.15, 0.2) is 15.0 Å². The fourth-order valence-electron chi connectivity index (χ4n) is 3.09. The number of nitrogens with zero attached hydrogens (tertiary/aromatic N) is 2. The van der Waals surface area contributed by atoms with Gasteiger partial charge in [-0.15, -0.1) is 0 Å². The van der Waals surface area contributed by atoms with E-state index >= 15 is 0 Å². The molecular weight excluding hydrogens is 356 g/mol. The summed E-state index contributed by atoms with van der Waals surface area (Å²) in [6.07, 6.45) is 0.749. The monoisotopic (exact) mass is 380 g/mol. The van der Waals surface area contributed by atoms with E-state index in [0.29, 0.717) is 11.7 Å². The van der Waals surface area contributed by atoms with Gasteiger partial charge in [-0.25, -0.2) is 8.42 Å². The smallest absolute Gasteiger partial charge is 0.250 e. The Morgan fingerprint density at radius 3 is 2.64 bits per heavy atom. The van der Waals surface area contributed by atoms with Gasteiger partial charge < -0.3 is 4.90 Å². The molecule has 0 bridgehead atoms. The molecule has 1 aromatic carbocycles. The van der Waals surface area contributed by atoms with E-state index in [1.165, 1.54) is 17.3 Å². The first-order chi connectivity index (χ1) is 11.8. The summed E-state index contributed by atoms with van der Waals surface area (Å²) in [7, 11) is -3.01. The van der Waals surface area contributed by atoms with E-state index in [-0.39, 0.29) is 34.6 Å². The lowest BCUT2D eigenvalue weighted by atomic mass is 10.1. The molecule has 2 saturated heterocycles. The fraction of sp³-hybridized carbons (Fsp3) is 0.556. The van der Waals surface area contributed by atoms with Crippen LogP contribution in [0.2, 0.25) is 0 Å². The van der Waals surface area contributed by atoms with Crippen molar-refractivity contribution >= 4 is 32.7 Å². The quantitative estimate of drug-likeness (QED) is 0.803. The Hall–Kier alpha value is -1.34. The molecule has 2 heterocycles. The van der Waals surface area contributed by atoms with Gasteiger partial charge in [0.05, 0.1) is 17.5 Å². The zero-order valence-electron chi connectivity index (χ0n) is 14.8. The van der Waals surface area contributed by atoms with Crippen molar-refractivity contribution in [2.75, 3.05) is 11.5 Å². The minimum absolute atomic E-state index is 0.0288. The Labute approximate surface area is 153 Å². The molecule has 2 aliphatic heterocycles. The number of rotatable bonds is 4. The van der Waals surface area contributed by atoms with Crippen molar-refractivity contribution in [2.45, 2.75) is 45.0 Å². The highest BCUT2D eigenvalue weighted by atomic mass is 32.2. The zero-order chi connectivity index (χ0) is 18.2. The average molecular weight is 381 g/mol. The second-order valence-electron chi connectivity index (χ2n) is 6.96. The van der Waals surface area contributed by atoms with Gasteiger partial charge in [-0.2, -0.15) is 4.99 Å². The number of thioether (sulfide) groups is 1. The molecule has 2 fully saturated rings. The van der Waals surface area contributed by atoms with Crippen molar-refractivity contribution in [3.05, 3.63) is 35.4 Å². The Morgan fingerprint density at radius 2 is 2.00 bits per heavy atom. The molecule has 1 amide bonds. The van der Waals surface area contributed by atoms with Crippen LogP contribution >= 0.6 is 11.8 Å². The van der Waals surface area contributed by atoms with Gasteiger partial charge in [-0.3, -0.25) is 4.79 Å². The van der Waals surface area contributed by atoms with Gasteiger partial charge in [-0.1, -0.05) is 55.4 Å². The molecule has 2 aliphatic rings. The molecule has 5 nitrogen and oxygen atoms in total. The summed E-state index contributed by atoms with van der Waals surface area (Å²) in [5, 5.41) is 0.648. The summed E-state index contributed by atoms with van der Waals surface area (Å²) in [5.74, 6) is 0.0799. The van der Waals surface area contributed by atoms with Gasteiger partial charge in [0.1, 0.15) is 0 Å². The van der Waals surface area contributed by atoms with Crippen LogP contribution < -0.4 is 0 Å². The third-order valence-electron chi connectivity index (χ3n) is 4.89. The number of hydrogen-bond acceptors (Lipinski definition) is 4. The second-order valence-corrected chi connectivity index (χ2v) is 10.3. The van der Waals surface area contributed by atoms with E-state index in [9.17, 15) is 13.2 Å². The van der Waals surface area contributed by atoms with Crippen molar-refractivity contribution in [2.24, 2.45) is 10.9 Å². The minimum atomic E-state index is -3.01. The number of benzene rings is 1. The Kier molecular flexibility index (Phi) is 5.25. The summed E-state index contributed by atoms with van der Waals surface area (Å²) >= 11 is 1.45. The van der Waals surface area contributed by atoms with Crippen molar-refractivity contribution in [1.82, 2.24) is 4.90 Å². The van der Waals surface area contributed by atoms with Crippen LogP contribution in [0.15, 0.2) is 29.3 Å². The van der Waals surface area contributed by atoms with Crippen LogP contribution in [-0.4, -0.2) is 47.2 Å². The van der Waals surface area contributed by atoms with Gasteiger partial charge >= 0.3 is 0 Å². The van der Waals surface area contributed by atoms with E-state index in [4.69, 9.17) is 0 Å². The molecule has 0 unspecified atom stereocenters. The highest BCUT2D eigenvalue weighted by Gasteiger charge is 2.48. The number of amides is 1. The summed E-state index contributed by atoms with van der Waals surface area (Å²) in [4.78, 5) is 18.6. The first-order valence-electron chi connectivity index (χ1n) is 8.61. The van der Waals surface area contributed by atoms with Gasteiger partial charge in [0.25, 0.3) is 5.91 Å². The molecule has 7 heteroatoms. The Morgan fingerprint density at radius 1 is 1.32 bits per heavy atom. The maximum atomic E-state index is 12.3. The molecule has 0 aliphatic carbocycles. The third-order valence-corrected chi connectivity index (χ3v) is 8.14. The molecule has 1 aromatic rings. The summed E-state index contributed by atoms with van der Waals surface area (Å²) in [5.41, 5.74) is 2.28. The van der Waals surface area contributed by atoms with Crippen LogP contribution in [0.1, 0.15) is 31.4 Å². The third kappa shape index (κ3) is 4.08. The number of sulfone groups is 1. The summed E-state index contributed by atoms with van der Waals surface area (Å²) < 4.78 is 24.0. The van der Waals surface area contributed by atoms with Crippen LogP contribution in [0.25, 0.3) is 0 Å². The van der Waals surface area contributed by atoms with Crippen LogP contribution in [0.4, 0.5) is 0 Å². The van der Waals surface area contributed by atoms with E-state index in [1.54, 1.807) is 0 Å². The second kappa shape index (κ2) is 7.11. The number of carbonyl (C=O) groups is 1. The van der Waals surface area contributed by atoms with E-state index in [2.05, 4.69) is 4.99 Å². The molecule has 0 radical (unpaired) electrons. The number of aryl methyl sites for hydroxylation is 1.